The summed E-state index contributed by atoms with van der Waals surface area (Å²) < 4.78 is 26.1. The minimum atomic E-state index is -0.560. The van der Waals surface area contributed by atoms with E-state index >= 15 is 0 Å². The van der Waals surface area contributed by atoms with Gasteiger partial charge >= 0.3 is 0 Å². The molecule has 0 aliphatic carbocycles. The molecule has 4 aromatic heterocycles. The van der Waals surface area contributed by atoms with Crippen molar-refractivity contribution >= 4 is 28.4 Å². The summed E-state index contributed by atoms with van der Waals surface area (Å²) in [5.41, 5.74) is 4.23. The lowest BCUT2D eigenvalue weighted by molar-refractivity contribution is 0.355. The highest BCUT2D eigenvalue weighted by Crippen LogP contribution is 2.38. The molecule has 0 amide bonds. The molecule has 31 heavy (non-hydrogen) atoms. The van der Waals surface area contributed by atoms with Crippen LogP contribution in [0.5, 0.6) is 11.5 Å². The van der Waals surface area contributed by atoms with E-state index in [0.717, 1.165) is 22.6 Å². The second-order valence-corrected chi connectivity index (χ2v) is 7.33. The quantitative estimate of drug-likeness (QED) is 0.404. The number of methoxy groups -OCH3 is 2. The molecule has 5 rings (SSSR count). The number of aromatic amines is 1. The maximum atomic E-state index is 13.3. The molecule has 1 N–H and O–H groups in total. The van der Waals surface area contributed by atoms with Crippen LogP contribution < -0.4 is 9.47 Å². The Hall–Kier alpha value is -3.65. The molecule has 7 nitrogen and oxygen atoms in total. The highest BCUT2D eigenvalue weighted by atomic mass is 35.5. The monoisotopic (exact) mass is 437 g/mol. The van der Waals surface area contributed by atoms with Gasteiger partial charge in [0.25, 0.3) is 0 Å². The number of pyridine rings is 2. The van der Waals surface area contributed by atoms with Gasteiger partial charge in [-0.25, -0.2) is 9.97 Å². The summed E-state index contributed by atoms with van der Waals surface area (Å²) >= 11 is 6.54. The molecule has 0 aliphatic rings. The summed E-state index contributed by atoms with van der Waals surface area (Å²) in [4.78, 5) is 16.0. The molecule has 0 saturated carbocycles. The molecule has 0 atom stereocenters. The first-order valence-corrected chi connectivity index (χ1v) is 9.83. The smallest absolute Gasteiger partial charge is 0.215 e. The number of H-pyrrole nitrogens is 1. The minimum absolute atomic E-state index is 0.344. The highest BCUT2D eigenvalue weighted by Gasteiger charge is 2.15. The number of fused-ring (bicyclic) bond motifs is 2. The summed E-state index contributed by atoms with van der Waals surface area (Å²) in [6, 6.07) is 12.3. The molecule has 156 valence electrons. The van der Waals surface area contributed by atoms with Gasteiger partial charge in [-0.05, 0) is 30.3 Å². The van der Waals surface area contributed by atoms with Crippen LogP contribution in [-0.2, 0) is 6.42 Å². The van der Waals surface area contributed by atoms with E-state index in [1.54, 1.807) is 26.4 Å². The maximum Gasteiger partial charge on any atom is 0.215 e. The predicted molar refractivity (Wildman–Crippen MR) is 115 cm³/mol. The highest BCUT2D eigenvalue weighted by molar-refractivity contribution is 6.33. The summed E-state index contributed by atoms with van der Waals surface area (Å²) in [6.07, 6.45) is 2.37. The normalized spacial score (nSPS) is 11.4. The zero-order valence-corrected chi connectivity index (χ0v) is 17.4. The largest absolute Gasteiger partial charge is 0.493 e. The van der Waals surface area contributed by atoms with Crippen molar-refractivity contribution in [2.75, 3.05) is 14.2 Å². The molecular formula is C22H17ClFN5O2. The number of hydrogen-bond acceptors (Lipinski definition) is 5. The van der Waals surface area contributed by atoms with Gasteiger partial charge in [0, 0.05) is 24.2 Å². The molecule has 0 radical (unpaired) electrons. The van der Waals surface area contributed by atoms with Crippen molar-refractivity contribution in [3.8, 4) is 22.8 Å². The molecule has 4 heterocycles. The van der Waals surface area contributed by atoms with Gasteiger partial charge in [0.1, 0.15) is 11.5 Å². The zero-order valence-electron chi connectivity index (χ0n) is 16.7. The van der Waals surface area contributed by atoms with Crippen LogP contribution in [0, 0.1) is 5.95 Å². The van der Waals surface area contributed by atoms with Gasteiger partial charge in [0.2, 0.25) is 5.95 Å². The Labute approximate surface area is 181 Å². The Morgan fingerprint density at radius 3 is 2.65 bits per heavy atom. The number of hydrogen-bond donors (Lipinski definition) is 1. The Morgan fingerprint density at radius 1 is 1.03 bits per heavy atom. The SMILES string of the molecule is COc1cc(Cl)c(-c2cccc3nc(Cc4nc5nc(F)ccc5[nH]4)cn23)cc1OC. The van der Waals surface area contributed by atoms with Crippen LogP contribution >= 0.6 is 11.6 Å². The van der Waals surface area contributed by atoms with Gasteiger partial charge in [-0.1, -0.05) is 17.7 Å². The van der Waals surface area contributed by atoms with Crippen LogP contribution in [0.2, 0.25) is 5.02 Å². The van der Waals surface area contributed by atoms with Gasteiger partial charge in [0.05, 0.1) is 36.1 Å². The van der Waals surface area contributed by atoms with E-state index in [2.05, 4.69) is 15.0 Å². The van der Waals surface area contributed by atoms with Crippen molar-refractivity contribution in [3.05, 3.63) is 71.2 Å². The number of nitrogens with one attached hydrogen (secondary N) is 1. The van der Waals surface area contributed by atoms with Crippen LogP contribution in [0.25, 0.3) is 28.1 Å². The second-order valence-electron chi connectivity index (χ2n) is 6.92. The van der Waals surface area contributed by atoms with E-state index in [4.69, 9.17) is 26.1 Å². The van der Waals surface area contributed by atoms with Crippen LogP contribution in [0.15, 0.2) is 48.7 Å². The molecule has 1 aromatic carbocycles. The van der Waals surface area contributed by atoms with E-state index in [1.807, 2.05) is 34.9 Å². The van der Waals surface area contributed by atoms with E-state index in [9.17, 15) is 4.39 Å². The maximum absolute atomic E-state index is 13.3. The third kappa shape index (κ3) is 3.44. The first-order chi connectivity index (χ1) is 15.1. The Balaban J connectivity index is 1.56. The molecule has 0 bridgehead atoms. The minimum Gasteiger partial charge on any atom is -0.493 e. The summed E-state index contributed by atoms with van der Waals surface area (Å²) in [5, 5.41) is 0.533. The number of imidazole rings is 2. The van der Waals surface area contributed by atoms with Crippen molar-refractivity contribution in [3.63, 3.8) is 0 Å². The number of halogens is 2. The molecule has 9 heteroatoms. The lowest BCUT2D eigenvalue weighted by Crippen LogP contribution is -1.95. The lowest BCUT2D eigenvalue weighted by atomic mass is 10.1. The van der Waals surface area contributed by atoms with Crippen LogP contribution in [0.3, 0.4) is 0 Å². The third-order valence-electron chi connectivity index (χ3n) is 5.00. The van der Waals surface area contributed by atoms with Crippen molar-refractivity contribution in [2.45, 2.75) is 6.42 Å². The molecule has 0 saturated heterocycles. The van der Waals surface area contributed by atoms with E-state index < -0.39 is 5.95 Å². The molecular weight excluding hydrogens is 421 g/mol. The molecule has 0 spiro atoms. The number of benzene rings is 1. The average molecular weight is 438 g/mol. The summed E-state index contributed by atoms with van der Waals surface area (Å²) in [7, 11) is 3.15. The van der Waals surface area contributed by atoms with Gasteiger partial charge in [-0.15, -0.1) is 0 Å². The third-order valence-corrected chi connectivity index (χ3v) is 5.31. The van der Waals surface area contributed by atoms with E-state index in [0.29, 0.717) is 39.9 Å². The Morgan fingerprint density at radius 2 is 1.84 bits per heavy atom. The van der Waals surface area contributed by atoms with E-state index in [-0.39, 0.29) is 0 Å². The first kappa shape index (κ1) is 19.3. The number of ether oxygens (including phenoxy) is 2. The Bertz CT molecular complexity index is 1430. The van der Waals surface area contributed by atoms with Gasteiger partial charge in [-0.3, -0.25) is 4.40 Å². The first-order valence-electron chi connectivity index (χ1n) is 9.45. The fourth-order valence-electron chi connectivity index (χ4n) is 3.59. The number of rotatable bonds is 5. The fraction of sp³-hybridized carbons (Fsp3) is 0.136. The van der Waals surface area contributed by atoms with Gasteiger partial charge in [-0.2, -0.15) is 9.37 Å². The molecule has 5 aromatic rings. The average Bonchev–Trinajstić information content (AvgIpc) is 3.35. The summed E-state index contributed by atoms with van der Waals surface area (Å²) in [5.74, 6) is 1.24. The van der Waals surface area contributed by atoms with Crippen LogP contribution in [0.4, 0.5) is 4.39 Å². The van der Waals surface area contributed by atoms with Crippen molar-refractivity contribution in [2.24, 2.45) is 0 Å². The van der Waals surface area contributed by atoms with Crippen molar-refractivity contribution in [1.29, 1.82) is 0 Å². The van der Waals surface area contributed by atoms with E-state index in [1.165, 1.54) is 6.07 Å². The van der Waals surface area contributed by atoms with Gasteiger partial charge in [0.15, 0.2) is 17.1 Å². The fourth-order valence-corrected chi connectivity index (χ4v) is 3.84. The summed E-state index contributed by atoms with van der Waals surface area (Å²) in [6.45, 7) is 0. The zero-order chi connectivity index (χ0) is 21.5. The molecule has 0 aliphatic heterocycles. The van der Waals surface area contributed by atoms with Crippen molar-refractivity contribution in [1.82, 2.24) is 24.3 Å². The Kier molecular flexibility index (Phi) is 4.71. The molecule has 0 unspecified atom stereocenters. The van der Waals surface area contributed by atoms with Crippen molar-refractivity contribution < 1.29 is 13.9 Å². The molecule has 0 fully saturated rings. The number of aromatic nitrogens is 5. The van der Waals surface area contributed by atoms with Crippen LogP contribution in [-0.4, -0.2) is 38.6 Å². The topological polar surface area (TPSA) is 77.3 Å². The standard InChI is InChI=1S/C22H17ClFN5O2/c1-30-17-9-13(14(23)10-18(17)31-2)16-4-3-5-21-25-12(11-29(16)21)8-20-26-15-6-7-19(24)27-22(15)28-20/h3-7,9-11H,8H2,1-2H3,(H,26,27,28). The van der Waals surface area contributed by atoms with Gasteiger partial charge < -0.3 is 14.5 Å². The second kappa shape index (κ2) is 7.55. The van der Waals surface area contributed by atoms with Crippen LogP contribution in [0.1, 0.15) is 11.5 Å². The number of nitrogens with zero attached hydrogens (tertiary/aromatic N) is 4. The predicted octanol–water partition coefficient (Wildman–Crippen LogP) is 4.67. The lowest BCUT2D eigenvalue weighted by Gasteiger charge is -2.13.